The molecule has 2 rings (SSSR count). The van der Waals surface area contributed by atoms with Gasteiger partial charge in [-0.1, -0.05) is 12.1 Å². The van der Waals surface area contributed by atoms with Crippen LogP contribution in [0.1, 0.15) is 16.8 Å². The quantitative estimate of drug-likeness (QED) is 0.703. The minimum Gasteiger partial charge on any atom is -0.508 e. The summed E-state index contributed by atoms with van der Waals surface area (Å²) >= 11 is 0. The summed E-state index contributed by atoms with van der Waals surface area (Å²) in [6.07, 6.45) is 0.169. The van der Waals surface area contributed by atoms with Crippen LogP contribution in [0.2, 0.25) is 0 Å². The van der Waals surface area contributed by atoms with Gasteiger partial charge in [-0.15, -0.1) is 0 Å². The Bertz CT molecular complexity index is 573. The first-order valence-corrected chi connectivity index (χ1v) is 5.31. The molecule has 0 bridgehead atoms. The Balaban J connectivity index is 2.70. The summed E-state index contributed by atoms with van der Waals surface area (Å²) in [6.45, 7) is 0.230. The van der Waals surface area contributed by atoms with E-state index in [9.17, 15) is 15.0 Å². The lowest BCUT2D eigenvalue weighted by Gasteiger charge is -2.08. The SMILES string of the molecule is NCCC(=O)c1c(O)ccc2ccc(O)cc12. The maximum absolute atomic E-state index is 11.9. The Hall–Kier alpha value is -2.07. The number of ketones is 1. The molecule has 2 aromatic carbocycles. The van der Waals surface area contributed by atoms with Gasteiger partial charge in [0.2, 0.25) is 0 Å². The highest BCUT2D eigenvalue weighted by Gasteiger charge is 2.14. The number of rotatable bonds is 3. The molecule has 0 aliphatic carbocycles. The van der Waals surface area contributed by atoms with Gasteiger partial charge in [0.15, 0.2) is 5.78 Å². The zero-order valence-electron chi connectivity index (χ0n) is 9.18. The van der Waals surface area contributed by atoms with E-state index < -0.39 is 0 Å². The lowest BCUT2D eigenvalue weighted by molar-refractivity contribution is 0.0984. The number of hydrogen-bond donors (Lipinski definition) is 3. The van der Waals surface area contributed by atoms with E-state index in [1.54, 1.807) is 12.1 Å². The van der Waals surface area contributed by atoms with Crippen molar-refractivity contribution in [3.63, 3.8) is 0 Å². The Morgan fingerprint density at radius 3 is 2.59 bits per heavy atom. The van der Waals surface area contributed by atoms with Crippen molar-refractivity contribution in [3.05, 3.63) is 35.9 Å². The molecule has 4 N–H and O–H groups in total. The minimum absolute atomic E-state index is 0.0601. The molecule has 0 atom stereocenters. The number of carbonyl (C=O) groups excluding carboxylic acids is 1. The summed E-state index contributed by atoms with van der Waals surface area (Å²) in [5.41, 5.74) is 5.56. The topological polar surface area (TPSA) is 83.6 Å². The maximum Gasteiger partial charge on any atom is 0.168 e. The Labute approximate surface area is 98.3 Å². The maximum atomic E-state index is 11.9. The summed E-state index contributed by atoms with van der Waals surface area (Å²) in [5.74, 6) is -0.243. The van der Waals surface area contributed by atoms with Gasteiger partial charge < -0.3 is 15.9 Å². The van der Waals surface area contributed by atoms with Crippen molar-refractivity contribution in [2.24, 2.45) is 5.73 Å². The van der Waals surface area contributed by atoms with E-state index in [0.29, 0.717) is 5.39 Å². The largest absolute Gasteiger partial charge is 0.508 e. The second kappa shape index (κ2) is 4.43. The predicted octanol–water partition coefficient (Wildman–Crippen LogP) is 1.78. The molecule has 0 saturated heterocycles. The highest BCUT2D eigenvalue weighted by Crippen LogP contribution is 2.30. The van der Waals surface area contributed by atoms with E-state index in [4.69, 9.17) is 5.73 Å². The molecule has 2 aromatic rings. The number of fused-ring (bicyclic) bond motifs is 1. The lowest BCUT2D eigenvalue weighted by Crippen LogP contribution is -2.08. The number of Topliss-reactive ketones (excluding diaryl/α,β-unsaturated/α-hetero) is 1. The number of phenols is 2. The second-order valence-electron chi connectivity index (χ2n) is 3.83. The Morgan fingerprint density at radius 1 is 1.18 bits per heavy atom. The fourth-order valence-corrected chi connectivity index (χ4v) is 1.85. The van der Waals surface area contributed by atoms with Crippen LogP contribution in [-0.2, 0) is 0 Å². The van der Waals surface area contributed by atoms with Gasteiger partial charge in [-0.05, 0) is 35.5 Å². The average molecular weight is 231 g/mol. The molecular formula is C13H13NO3. The molecule has 0 amide bonds. The fraction of sp³-hybridized carbons (Fsp3) is 0.154. The van der Waals surface area contributed by atoms with Crippen molar-refractivity contribution in [1.29, 1.82) is 0 Å². The average Bonchev–Trinajstić information content (AvgIpc) is 2.28. The predicted molar refractivity (Wildman–Crippen MR) is 65.3 cm³/mol. The summed E-state index contributed by atoms with van der Waals surface area (Å²) < 4.78 is 0. The molecule has 0 aliphatic rings. The first-order valence-electron chi connectivity index (χ1n) is 5.31. The van der Waals surface area contributed by atoms with Crippen LogP contribution in [0, 0.1) is 0 Å². The first kappa shape index (κ1) is 11.4. The lowest BCUT2D eigenvalue weighted by atomic mass is 9.98. The van der Waals surface area contributed by atoms with Crippen LogP contribution < -0.4 is 5.73 Å². The fourth-order valence-electron chi connectivity index (χ4n) is 1.85. The van der Waals surface area contributed by atoms with Crippen molar-refractivity contribution in [3.8, 4) is 11.5 Å². The Morgan fingerprint density at radius 2 is 1.88 bits per heavy atom. The van der Waals surface area contributed by atoms with E-state index in [2.05, 4.69) is 0 Å². The number of benzene rings is 2. The third kappa shape index (κ3) is 2.07. The molecule has 0 radical (unpaired) electrons. The van der Waals surface area contributed by atoms with Gasteiger partial charge in [0, 0.05) is 6.42 Å². The van der Waals surface area contributed by atoms with Crippen LogP contribution in [0.25, 0.3) is 10.8 Å². The third-order valence-electron chi connectivity index (χ3n) is 2.63. The number of carbonyl (C=O) groups is 1. The van der Waals surface area contributed by atoms with Crippen LogP contribution in [0.4, 0.5) is 0 Å². The molecule has 0 spiro atoms. The van der Waals surface area contributed by atoms with Crippen LogP contribution >= 0.6 is 0 Å². The highest BCUT2D eigenvalue weighted by molar-refractivity contribution is 6.10. The van der Waals surface area contributed by atoms with Gasteiger partial charge >= 0.3 is 0 Å². The van der Waals surface area contributed by atoms with Crippen molar-refractivity contribution in [2.75, 3.05) is 6.54 Å². The van der Waals surface area contributed by atoms with Gasteiger partial charge in [-0.3, -0.25) is 4.79 Å². The van der Waals surface area contributed by atoms with Gasteiger partial charge in [0.05, 0.1) is 5.56 Å². The Kier molecular flexibility index (Phi) is 2.97. The molecule has 4 heteroatoms. The van der Waals surface area contributed by atoms with Crippen molar-refractivity contribution < 1.29 is 15.0 Å². The highest BCUT2D eigenvalue weighted by atomic mass is 16.3. The number of aromatic hydroxyl groups is 2. The smallest absolute Gasteiger partial charge is 0.168 e. The molecule has 17 heavy (non-hydrogen) atoms. The van der Waals surface area contributed by atoms with Crippen molar-refractivity contribution in [2.45, 2.75) is 6.42 Å². The van der Waals surface area contributed by atoms with E-state index in [1.807, 2.05) is 0 Å². The summed E-state index contributed by atoms with van der Waals surface area (Å²) in [5, 5.41) is 20.5. The minimum atomic E-state index is -0.221. The van der Waals surface area contributed by atoms with Crippen molar-refractivity contribution >= 4 is 16.6 Å². The normalized spacial score (nSPS) is 10.6. The van der Waals surface area contributed by atoms with Crippen LogP contribution in [0.3, 0.4) is 0 Å². The summed E-state index contributed by atoms with van der Waals surface area (Å²) in [4.78, 5) is 11.9. The van der Waals surface area contributed by atoms with E-state index >= 15 is 0 Å². The summed E-state index contributed by atoms with van der Waals surface area (Å²) in [7, 11) is 0. The van der Waals surface area contributed by atoms with E-state index in [-0.39, 0.29) is 35.8 Å². The summed E-state index contributed by atoms with van der Waals surface area (Å²) in [6, 6.07) is 7.88. The van der Waals surface area contributed by atoms with Crippen LogP contribution in [0.15, 0.2) is 30.3 Å². The van der Waals surface area contributed by atoms with Gasteiger partial charge in [0.25, 0.3) is 0 Å². The molecule has 0 aromatic heterocycles. The van der Waals surface area contributed by atoms with Crippen LogP contribution in [-0.4, -0.2) is 22.5 Å². The first-order chi connectivity index (χ1) is 8.13. The second-order valence-corrected chi connectivity index (χ2v) is 3.83. The van der Waals surface area contributed by atoms with Crippen molar-refractivity contribution in [1.82, 2.24) is 0 Å². The molecule has 88 valence electrons. The van der Waals surface area contributed by atoms with Gasteiger partial charge in [-0.25, -0.2) is 0 Å². The monoisotopic (exact) mass is 231 g/mol. The number of nitrogens with two attached hydrogens (primary N) is 1. The molecule has 0 saturated carbocycles. The number of hydrogen-bond acceptors (Lipinski definition) is 4. The molecule has 0 unspecified atom stereocenters. The number of phenolic OH excluding ortho intramolecular Hbond substituents is 2. The standard InChI is InChI=1S/C13H13NO3/c14-6-5-12(17)13-10-7-9(15)3-1-8(10)2-4-11(13)16/h1-4,7,15-16H,5-6,14H2. The molecule has 0 fully saturated rings. The van der Waals surface area contributed by atoms with Gasteiger partial charge in [0.1, 0.15) is 11.5 Å². The van der Waals surface area contributed by atoms with Gasteiger partial charge in [-0.2, -0.15) is 0 Å². The molecule has 0 heterocycles. The molecular weight excluding hydrogens is 218 g/mol. The van der Waals surface area contributed by atoms with E-state index in [0.717, 1.165) is 5.39 Å². The zero-order valence-corrected chi connectivity index (χ0v) is 9.18. The zero-order chi connectivity index (χ0) is 12.4. The van der Waals surface area contributed by atoms with E-state index in [1.165, 1.54) is 18.2 Å². The third-order valence-corrected chi connectivity index (χ3v) is 2.63. The molecule has 4 nitrogen and oxygen atoms in total. The molecule has 0 aliphatic heterocycles. The van der Waals surface area contributed by atoms with Crippen LogP contribution in [0.5, 0.6) is 11.5 Å².